The number of nitrogens with one attached hydrogen (secondary N) is 3. The van der Waals surface area contributed by atoms with Gasteiger partial charge in [0, 0.05) is 25.4 Å². The van der Waals surface area contributed by atoms with E-state index >= 15 is 0 Å². The van der Waals surface area contributed by atoms with Gasteiger partial charge < -0.3 is 15.5 Å². The molecule has 2 aromatic carbocycles. The molecule has 0 aliphatic carbocycles. The number of fused-ring (bicyclic) bond motifs is 1. The SMILES string of the molecule is CC(=O)NCc1cccc(C2=CN(c3ccccc3)C3NCNC(=O)C23)c1. The maximum atomic E-state index is 12.7. The lowest BCUT2D eigenvalue weighted by atomic mass is 9.90. The topological polar surface area (TPSA) is 73.5 Å². The minimum atomic E-state index is -0.296. The molecule has 0 saturated carbocycles. The molecule has 2 unspecified atom stereocenters. The van der Waals surface area contributed by atoms with Crippen LogP contribution in [0.5, 0.6) is 0 Å². The standard InChI is InChI=1S/C21H22N4O2/c1-14(26)22-11-15-6-5-7-16(10-15)18-12-25(17-8-3-2-4-9-17)20-19(18)21(27)24-13-23-20/h2-10,12,19-20,23H,11,13H2,1H3,(H,22,26)(H,24,27). The van der Waals surface area contributed by atoms with Crippen LogP contribution < -0.4 is 20.9 Å². The number of hydrogen-bond acceptors (Lipinski definition) is 4. The Morgan fingerprint density at radius 2 is 2.00 bits per heavy atom. The van der Waals surface area contributed by atoms with Crippen molar-refractivity contribution in [2.75, 3.05) is 11.6 Å². The van der Waals surface area contributed by atoms with Gasteiger partial charge in [-0.3, -0.25) is 14.9 Å². The molecule has 2 atom stereocenters. The van der Waals surface area contributed by atoms with E-state index in [0.29, 0.717) is 13.2 Å². The van der Waals surface area contributed by atoms with Crippen molar-refractivity contribution < 1.29 is 9.59 Å². The molecule has 2 heterocycles. The molecule has 6 heteroatoms. The zero-order valence-electron chi connectivity index (χ0n) is 15.1. The Morgan fingerprint density at radius 3 is 2.78 bits per heavy atom. The van der Waals surface area contributed by atoms with Crippen molar-refractivity contribution in [2.45, 2.75) is 19.6 Å². The van der Waals surface area contributed by atoms with Crippen LogP contribution in [0.1, 0.15) is 18.1 Å². The normalized spacial score (nSPS) is 21.3. The molecule has 0 bridgehead atoms. The fourth-order valence-corrected chi connectivity index (χ4v) is 3.67. The van der Waals surface area contributed by atoms with E-state index in [-0.39, 0.29) is 23.9 Å². The van der Waals surface area contributed by atoms with Gasteiger partial charge in [0.15, 0.2) is 0 Å². The van der Waals surface area contributed by atoms with Crippen molar-refractivity contribution in [1.29, 1.82) is 0 Å². The summed E-state index contributed by atoms with van der Waals surface area (Å²) in [4.78, 5) is 26.0. The van der Waals surface area contributed by atoms with E-state index in [4.69, 9.17) is 0 Å². The molecule has 27 heavy (non-hydrogen) atoms. The first-order valence-electron chi connectivity index (χ1n) is 9.03. The first kappa shape index (κ1) is 17.3. The second kappa shape index (κ2) is 7.25. The predicted molar refractivity (Wildman–Crippen MR) is 104 cm³/mol. The number of carbonyl (C=O) groups excluding carboxylic acids is 2. The first-order chi connectivity index (χ1) is 13.1. The zero-order valence-corrected chi connectivity index (χ0v) is 15.1. The molecule has 0 spiro atoms. The summed E-state index contributed by atoms with van der Waals surface area (Å²) >= 11 is 0. The van der Waals surface area contributed by atoms with E-state index in [9.17, 15) is 9.59 Å². The number of para-hydroxylation sites is 1. The number of amides is 2. The van der Waals surface area contributed by atoms with E-state index in [0.717, 1.165) is 22.4 Å². The van der Waals surface area contributed by atoms with Gasteiger partial charge in [-0.05, 0) is 34.9 Å². The highest BCUT2D eigenvalue weighted by Crippen LogP contribution is 2.38. The summed E-state index contributed by atoms with van der Waals surface area (Å²) in [7, 11) is 0. The Labute approximate surface area is 158 Å². The zero-order chi connectivity index (χ0) is 18.8. The summed E-state index contributed by atoms with van der Waals surface area (Å²) in [5.74, 6) is -0.336. The molecule has 0 aromatic heterocycles. The van der Waals surface area contributed by atoms with Crippen LogP contribution in [0.3, 0.4) is 0 Å². The highest BCUT2D eigenvalue weighted by Gasteiger charge is 2.43. The third-order valence-electron chi connectivity index (χ3n) is 4.94. The summed E-state index contributed by atoms with van der Waals surface area (Å²) in [6.07, 6.45) is 1.94. The number of benzene rings is 2. The van der Waals surface area contributed by atoms with E-state index < -0.39 is 0 Å². The smallest absolute Gasteiger partial charge is 0.232 e. The van der Waals surface area contributed by atoms with Crippen LogP contribution in [0.2, 0.25) is 0 Å². The Morgan fingerprint density at radius 1 is 1.19 bits per heavy atom. The second-order valence-electron chi connectivity index (χ2n) is 6.78. The third kappa shape index (κ3) is 3.44. The maximum Gasteiger partial charge on any atom is 0.232 e. The van der Waals surface area contributed by atoms with Gasteiger partial charge in [-0.2, -0.15) is 0 Å². The average Bonchev–Trinajstić information content (AvgIpc) is 3.08. The largest absolute Gasteiger partial charge is 0.352 e. The summed E-state index contributed by atoms with van der Waals surface area (Å²) < 4.78 is 0. The van der Waals surface area contributed by atoms with Gasteiger partial charge in [0.25, 0.3) is 0 Å². The quantitative estimate of drug-likeness (QED) is 0.776. The minimum Gasteiger partial charge on any atom is -0.352 e. The Kier molecular flexibility index (Phi) is 4.64. The number of hydrogen-bond donors (Lipinski definition) is 3. The molecule has 2 aliphatic rings. The van der Waals surface area contributed by atoms with Crippen LogP contribution in [0.4, 0.5) is 5.69 Å². The van der Waals surface area contributed by atoms with Crippen molar-refractivity contribution in [2.24, 2.45) is 5.92 Å². The number of carbonyl (C=O) groups is 2. The Hall–Kier alpha value is -3.12. The van der Waals surface area contributed by atoms with Crippen LogP contribution in [-0.4, -0.2) is 24.6 Å². The molecule has 6 nitrogen and oxygen atoms in total. The van der Waals surface area contributed by atoms with Crippen molar-refractivity contribution in [3.8, 4) is 0 Å². The summed E-state index contributed by atoms with van der Waals surface area (Å²) in [6.45, 7) is 2.42. The first-order valence-corrected chi connectivity index (χ1v) is 9.03. The van der Waals surface area contributed by atoms with Crippen molar-refractivity contribution >= 4 is 23.1 Å². The Balaban J connectivity index is 1.70. The lowest BCUT2D eigenvalue weighted by Gasteiger charge is -2.34. The molecule has 0 radical (unpaired) electrons. The van der Waals surface area contributed by atoms with Gasteiger partial charge in [-0.15, -0.1) is 0 Å². The van der Waals surface area contributed by atoms with Crippen molar-refractivity contribution in [3.05, 3.63) is 71.9 Å². The molecular weight excluding hydrogens is 340 g/mol. The molecule has 2 aliphatic heterocycles. The monoisotopic (exact) mass is 362 g/mol. The van der Waals surface area contributed by atoms with Gasteiger partial charge >= 0.3 is 0 Å². The van der Waals surface area contributed by atoms with Crippen LogP contribution in [-0.2, 0) is 16.1 Å². The van der Waals surface area contributed by atoms with E-state index in [2.05, 4.69) is 27.1 Å². The lowest BCUT2D eigenvalue weighted by molar-refractivity contribution is -0.125. The molecule has 2 amide bonds. The molecule has 1 saturated heterocycles. The highest BCUT2D eigenvalue weighted by atomic mass is 16.2. The number of anilines is 1. The van der Waals surface area contributed by atoms with E-state index in [1.165, 1.54) is 6.92 Å². The summed E-state index contributed by atoms with van der Waals surface area (Å²) in [5.41, 5.74) is 4.00. The molecule has 4 rings (SSSR count). The van der Waals surface area contributed by atoms with Crippen LogP contribution in [0.15, 0.2) is 60.8 Å². The van der Waals surface area contributed by atoms with Gasteiger partial charge in [0.05, 0.1) is 12.6 Å². The van der Waals surface area contributed by atoms with Gasteiger partial charge in [-0.25, -0.2) is 0 Å². The second-order valence-corrected chi connectivity index (χ2v) is 6.78. The molecular formula is C21H22N4O2. The lowest BCUT2D eigenvalue weighted by Crippen LogP contribution is -2.58. The highest BCUT2D eigenvalue weighted by molar-refractivity contribution is 5.96. The third-order valence-corrected chi connectivity index (χ3v) is 4.94. The maximum absolute atomic E-state index is 12.7. The van der Waals surface area contributed by atoms with Gasteiger partial charge in [0.2, 0.25) is 11.8 Å². The predicted octanol–water partition coefficient (Wildman–Crippen LogP) is 1.80. The van der Waals surface area contributed by atoms with Crippen LogP contribution >= 0.6 is 0 Å². The van der Waals surface area contributed by atoms with Gasteiger partial charge in [-0.1, -0.05) is 36.4 Å². The number of nitrogens with zero attached hydrogens (tertiary/aromatic N) is 1. The van der Waals surface area contributed by atoms with E-state index in [1.54, 1.807) is 0 Å². The Bertz CT molecular complexity index is 894. The fraction of sp³-hybridized carbons (Fsp3) is 0.238. The van der Waals surface area contributed by atoms with Crippen LogP contribution in [0, 0.1) is 5.92 Å². The van der Waals surface area contributed by atoms with Crippen molar-refractivity contribution in [1.82, 2.24) is 16.0 Å². The minimum absolute atomic E-state index is 0.0238. The summed E-state index contributed by atoms with van der Waals surface area (Å²) in [5, 5.41) is 9.12. The summed E-state index contributed by atoms with van der Waals surface area (Å²) in [6, 6.07) is 18.0. The molecule has 2 aromatic rings. The number of rotatable bonds is 4. The molecule has 138 valence electrons. The van der Waals surface area contributed by atoms with Gasteiger partial charge in [0.1, 0.15) is 6.17 Å². The van der Waals surface area contributed by atoms with Crippen LogP contribution in [0.25, 0.3) is 5.57 Å². The van der Waals surface area contributed by atoms with E-state index in [1.807, 2.05) is 54.6 Å². The molecule has 1 fully saturated rings. The average molecular weight is 362 g/mol. The fourth-order valence-electron chi connectivity index (χ4n) is 3.67. The molecule has 3 N–H and O–H groups in total. The van der Waals surface area contributed by atoms with Crippen molar-refractivity contribution in [3.63, 3.8) is 0 Å².